The molecule has 1 aliphatic rings. The number of likely N-dealkylation sites (tertiary alicyclic amines) is 1. The quantitative estimate of drug-likeness (QED) is 0.427. The molecule has 35 heavy (non-hydrogen) atoms. The van der Waals surface area contributed by atoms with E-state index in [0.717, 1.165) is 53.5 Å². The molecule has 1 atom stereocenters. The summed E-state index contributed by atoms with van der Waals surface area (Å²) in [7, 11) is 3.61. The van der Waals surface area contributed by atoms with Gasteiger partial charge in [-0.05, 0) is 31.0 Å². The summed E-state index contributed by atoms with van der Waals surface area (Å²) in [6.45, 7) is 1.32. The van der Waals surface area contributed by atoms with E-state index in [4.69, 9.17) is 4.74 Å². The highest BCUT2D eigenvalue weighted by atomic mass is 16.5. The highest BCUT2D eigenvalue weighted by Crippen LogP contribution is 2.32. The first kappa shape index (κ1) is 22.7. The minimum atomic E-state index is -0.00276. The van der Waals surface area contributed by atoms with Gasteiger partial charge in [0.1, 0.15) is 11.4 Å². The third-order valence-corrected chi connectivity index (χ3v) is 6.52. The fraction of sp³-hybridized carbons (Fsp3) is 0.296. The van der Waals surface area contributed by atoms with Crippen LogP contribution < -0.4 is 4.74 Å². The van der Waals surface area contributed by atoms with E-state index in [1.807, 2.05) is 52.9 Å². The van der Waals surface area contributed by atoms with Gasteiger partial charge in [0, 0.05) is 62.3 Å². The molecule has 4 heterocycles. The van der Waals surface area contributed by atoms with E-state index in [0.29, 0.717) is 18.5 Å². The van der Waals surface area contributed by atoms with E-state index in [1.165, 1.54) is 0 Å². The lowest BCUT2D eigenvalue weighted by Gasteiger charge is -2.33. The molecule has 8 heteroatoms. The Kier molecular flexibility index (Phi) is 6.52. The first-order valence-electron chi connectivity index (χ1n) is 11.8. The molecule has 1 saturated heterocycles. The van der Waals surface area contributed by atoms with E-state index in [9.17, 15) is 4.79 Å². The van der Waals surface area contributed by atoms with Crippen molar-refractivity contribution >= 4 is 5.91 Å². The number of amides is 1. The molecule has 0 spiro atoms. The molecule has 178 valence electrons. The van der Waals surface area contributed by atoms with Crippen molar-refractivity contribution in [2.45, 2.75) is 25.2 Å². The van der Waals surface area contributed by atoms with Gasteiger partial charge in [0.15, 0.2) is 0 Å². The van der Waals surface area contributed by atoms with Crippen LogP contribution in [-0.2, 0) is 13.5 Å². The van der Waals surface area contributed by atoms with Crippen molar-refractivity contribution in [3.63, 3.8) is 0 Å². The Bertz CT molecular complexity index is 1320. The summed E-state index contributed by atoms with van der Waals surface area (Å²) in [5, 5.41) is 0. The van der Waals surface area contributed by atoms with Crippen LogP contribution in [-0.4, -0.2) is 55.5 Å². The third-order valence-electron chi connectivity index (χ3n) is 6.52. The van der Waals surface area contributed by atoms with Crippen molar-refractivity contribution in [3.8, 4) is 17.1 Å². The highest BCUT2D eigenvalue weighted by molar-refractivity contribution is 5.94. The predicted octanol–water partition coefficient (Wildman–Crippen LogP) is 3.89. The van der Waals surface area contributed by atoms with Gasteiger partial charge in [-0.1, -0.05) is 18.2 Å². The van der Waals surface area contributed by atoms with E-state index in [1.54, 1.807) is 38.2 Å². The second kappa shape index (κ2) is 10.0. The molecule has 0 radical (unpaired) electrons. The van der Waals surface area contributed by atoms with Gasteiger partial charge in [0.2, 0.25) is 0 Å². The van der Waals surface area contributed by atoms with Gasteiger partial charge in [0.05, 0.1) is 36.6 Å². The minimum absolute atomic E-state index is 0.00276. The first-order valence-corrected chi connectivity index (χ1v) is 11.8. The van der Waals surface area contributed by atoms with Crippen molar-refractivity contribution in [2.75, 3.05) is 20.2 Å². The molecule has 1 aliphatic heterocycles. The summed E-state index contributed by atoms with van der Waals surface area (Å²) in [6.07, 6.45) is 11.2. The van der Waals surface area contributed by atoms with Crippen LogP contribution >= 0.6 is 0 Å². The second-order valence-corrected chi connectivity index (χ2v) is 8.80. The van der Waals surface area contributed by atoms with Crippen molar-refractivity contribution < 1.29 is 9.53 Å². The number of para-hydroxylation sites is 1. The summed E-state index contributed by atoms with van der Waals surface area (Å²) in [5.41, 5.74) is 5.22. The molecule has 1 fully saturated rings. The maximum atomic E-state index is 13.3. The SMILES string of the molecule is COc1ccccc1Cc1ccc(C(=O)N2CCC[C@@H](c3nccnc3-c3cncn3C)C2)cn1. The number of hydrogen-bond donors (Lipinski definition) is 0. The van der Waals surface area contributed by atoms with Crippen molar-refractivity contribution in [3.05, 3.63) is 90.0 Å². The topological polar surface area (TPSA) is 86.0 Å². The van der Waals surface area contributed by atoms with Crippen LogP contribution in [0.1, 0.15) is 46.1 Å². The highest BCUT2D eigenvalue weighted by Gasteiger charge is 2.29. The predicted molar refractivity (Wildman–Crippen MR) is 132 cm³/mol. The molecular weight excluding hydrogens is 440 g/mol. The van der Waals surface area contributed by atoms with Crippen molar-refractivity contribution in [2.24, 2.45) is 7.05 Å². The smallest absolute Gasteiger partial charge is 0.255 e. The summed E-state index contributed by atoms with van der Waals surface area (Å²) < 4.78 is 7.38. The number of carbonyl (C=O) groups is 1. The molecule has 1 amide bonds. The molecule has 3 aromatic heterocycles. The molecule has 0 unspecified atom stereocenters. The summed E-state index contributed by atoms with van der Waals surface area (Å²) in [5.74, 6) is 0.949. The standard InChI is InChI=1S/C27H28N6O2/c1-32-18-28-16-23(32)26-25(29-11-12-30-26)21-7-5-13-33(17-21)27(34)20-9-10-22(31-15-20)14-19-6-3-4-8-24(19)35-2/h3-4,6,8-12,15-16,18,21H,5,7,13-14,17H2,1-2H3/t21-/m1/s1. The minimum Gasteiger partial charge on any atom is -0.496 e. The molecule has 8 nitrogen and oxygen atoms in total. The fourth-order valence-corrected chi connectivity index (χ4v) is 4.70. The average molecular weight is 469 g/mol. The molecule has 1 aromatic carbocycles. The maximum Gasteiger partial charge on any atom is 0.255 e. The Balaban J connectivity index is 1.31. The second-order valence-electron chi connectivity index (χ2n) is 8.80. The lowest BCUT2D eigenvalue weighted by Crippen LogP contribution is -2.39. The fourth-order valence-electron chi connectivity index (χ4n) is 4.70. The average Bonchev–Trinajstić information content (AvgIpc) is 3.34. The molecule has 0 saturated carbocycles. The number of methoxy groups -OCH3 is 1. The molecule has 4 aromatic rings. The number of imidazole rings is 1. The zero-order chi connectivity index (χ0) is 24.2. The number of ether oxygens (including phenoxy) is 1. The normalized spacial score (nSPS) is 15.7. The van der Waals surface area contributed by atoms with Crippen LogP contribution in [0.2, 0.25) is 0 Å². The van der Waals surface area contributed by atoms with Crippen molar-refractivity contribution in [1.82, 2.24) is 29.4 Å². The van der Waals surface area contributed by atoms with Crippen LogP contribution in [0.15, 0.2) is 67.5 Å². The van der Waals surface area contributed by atoms with Gasteiger partial charge in [-0.3, -0.25) is 19.7 Å². The van der Waals surface area contributed by atoms with Crippen LogP contribution in [0.3, 0.4) is 0 Å². The monoisotopic (exact) mass is 468 g/mol. The Labute approximate surface area is 204 Å². The van der Waals surface area contributed by atoms with Gasteiger partial charge < -0.3 is 14.2 Å². The van der Waals surface area contributed by atoms with Crippen LogP contribution in [0.5, 0.6) is 5.75 Å². The summed E-state index contributed by atoms with van der Waals surface area (Å²) in [6, 6.07) is 11.7. The number of rotatable bonds is 6. The number of carbonyl (C=O) groups excluding carboxylic acids is 1. The van der Waals surface area contributed by atoms with Gasteiger partial charge in [-0.2, -0.15) is 0 Å². The van der Waals surface area contributed by atoms with Crippen molar-refractivity contribution in [1.29, 1.82) is 0 Å². The molecule has 0 aliphatic carbocycles. The van der Waals surface area contributed by atoms with Crippen LogP contribution in [0.25, 0.3) is 11.4 Å². The number of hydrogen-bond acceptors (Lipinski definition) is 6. The van der Waals surface area contributed by atoms with Crippen LogP contribution in [0, 0.1) is 0 Å². The zero-order valence-electron chi connectivity index (χ0n) is 20.0. The Morgan fingerprint density at radius 2 is 1.94 bits per heavy atom. The number of aryl methyl sites for hydroxylation is 1. The number of piperidine rings is 1. The Morgan fingerprint density at radius 3 is 2.71 bits per heavy atom. The Morgan fingerprint density at radius 1 is 1.09 bits per heavy atom. The lowest BCUT2D eigenvalue weighted by molar-refractivity contribution is 0.0705. The van der Waals surface area contributed by atoms with E-state index >= 15 is 0 Å². The van der Waals surface area contributed by atoms with Gasteiger partial charge in [-0.15, -0.1) is 0 Å². The maximum absolute atomic E-state index is 13.3. The third kappa shape index (κ3) is 4.77. The number of benzene rings is 1. The van der Waals surface area contributed by atoms with Gasteiger partial charge in [-0.25, -0.2) is 4.98 Å². The van der Waals surface area contributed by atoms with E-state index in [-0.39, 0.29) is 11.8 Å². The number of nitrogens with zero attached hydrogens (tertiary/aromatic N) is 6. The number of aromatic nitrogens is 5. The Hall–Kier alpha value is -4.07. The molecular formula is C27H28N6O2. The largest absolute Gasteiger partial charge is 0.496 e. The molecule has 0 N–H and O–H groups in total. The molecule has 0 bridgehead atoms. The van der Waals surface area contributed by atoms with Gasteiger partial charge in [0.25, 0.3) is 5.91 Å². The summed E-state index contributed by atoms with van der Waals surface area (Å²) >= 11 is 0. The summed E-state index contributed by atoms with van der Waals surface area (Å²) in [4.78, 5) is 33.3. The van der Waals surface area contributed by atoms with Gasteiger partial charge >= 0.3 is 0 Å². The number of pyridine rings is 1. The molecule has 5 rings (SSSR count). The lowest BCUT2D eigenvalue weighted by atomic mass is 9.92. The van der Waals surface area contributed by atoms with E-state index < -0.39 is 0 Å². The van der Waals surface area contributed by atoms with E-state index in [2.05, 4.69) is 19.9 Å². The zero-order valence-corrected chi connectivity index (χ0v) is 20.0. The van der Waals surface area contributed by atoms with Crippen LogP contribution in [0.4, 0.5) is 0 Å². The first-order chi connectivity index (χ1) is 17.1.